The quantitative estimate of drug-likeness (QED) is 0.648. The number of aromatic nitrogens is 1. The highest BCUT2D eigenvalue weighted by molar-refractivity contribution is 7.90. The highest BCUT2D eigenvalue weighted by atomic mass is 32.2. The van der Waals surface area contributed by atoms with Crippen LogP contribution in [0.15, 0.2) is 59.5 Å². The fraction of sp³-hybridized carbons (Fsp3) is 0.182. The van der Waals surface area contributed by atoms with Crippen LogP contribution < -0.4 is 4.74 Å². The van der Waals surface area contributed by atoms with Gasteiger partial charge in [-0.25, -0.2) is 13.4 Å². The lowest BCUT2D eigenvalue weighted by Crippen LogP contribution is -1.99. The molecule has 6 heteroatoms. The van der Waals surface area contributed by atoms with Crippen LogP contribution in [-0.4, -0.2) is 26.8 Å². The van der Waals surface area contributed by atoms with Gasteiger partial charge in [-0.2, -0.15) is 5.26 Å². The zero-order valence-electron chi connectivity index (χ0n) is 15.9. The number of hydrogen-bond acceptors (Lipinski definition) is 5. The largest absolute Gasteiger partial charge is 0.480 e. The number of sulfone groups is 1. The third kappa shape index (κ3) is 3.90. The average molecular weight is 392 g/mol. The van der Waals surface area contributed by atoms with Crippen LogP contribution in [0.4, 0.5) is 0 Å². The first-order valence-electron chi connectivity index (χ1n) is 8.76. The van der Waals surface area contributed by atoms with E-state index in [1.165, 1.54) is 18.9 Å². The summed E-state index contributed by atoms with van der Waals surface area (Å²) in [4.78, 5) is 4.81. The van der Waals surface area contributed by atoms with E-state index >= 15 is 0 Å². The SMILES string of the molecule is CCc1ccc(-c2nc(OC)c(C#N)cc2-c2ccc(S(C)(=O)=O)cc2)cc1. The molecule has 2 aromatic carbocycles. The van der Waals surface area contributed by atoms with Gasteiger partial charge in [-0.3, -0.25) is 0 Å². The maximum atomic E-state index is 11.7. The van der Waals surface area contributed by atoms with Crippen molar-refractivity contribution in [1.82, 2.24) is 4.98 Å². The second-order valence-electron chi connectivity index (χ2n) is 6.40. The van der Waals surface area contributed by atoms with Gasteiger partial charge in [-0.1, -0.05) is 43.3 Å². The van der Waals surface area contributed by atoms with Gasteiger partial charge in [0, 0.05) is 17.4 Å². The number of rotatable bonds is 5. The van der Waals surface area contributed by atoms with Crippen LogP contribution >= 0.6 is 0 Å². The van der Waals surface area contributed by atoms with E-state index in [4.69, 9.17) is 4.74 Å². The van der Waals surface area contributed by atoms with Crippen LogP contribution in [0.5, 0.6) is 5.88 Å². The van der Waals surface area contributed by atoms with Crippen molar-refractivity contribution >= 4 is 9.84 Å². The highest BCUT2D eigenvalue weighted by Gasteiger charge is 2.16. The number of aryl methyl sites for hydroxylation is 1. The molecular formula is C22H20N2O3S. The van der Waals surface area contributed by atoms with Crippen molar-refractivity contribution in [3.05, 3.63) is 65.7 Å². The highest BCUT2D eigenvalue weighted by Crippen LogP contribution is 2.35. The van der Waals surface area contributed by atoms with Gasteiger partial charge >= 0.3 is 0 Å². The van der Waals surface area contributed by atoms with Crippen LogP contribution in [0, 0.1) is 11.3 Å². The summed E-state index contributed by atoms with van der Waals surface area (Å²) in [7, 11) is -1.80. The zero-order chi connectivity index (χ0) is 20.3. The second kappa shape index (κ2) is 7.83. The molecule has 0 amide bonds. The summed E-state index contributed by atoms with van der Waals surface area (Å²) in [6.07, 6.45) is 2.11. The fourth-order valence-electron chi connectivity index (χ4n) is 2.95. The molecule has 0 saturated heterocycles. The molecule has 0 atom stereocenters. The number of ether oxygens (including phenoxy) is 1. The molecule has 0 fully saturated rings. The minimum atomic E-state index is -3.28. The maximum Gasteiger partial charge on any atom is 0.232 e. The van der Waals surface area contributed by atoms with Crippen LogP contribution in [0.1, 0.15) is 18.1 Å². The Morgan fingerprint density at radius 3 is 2.14 bits per heavy atom. The lowest BCUT2D eigenvalue weighted by atomic mass is 9.97. The van der Waals surface area contributed by atoms with E-state index in [-0.39, 0.29) is 10.8 Å². The van der Waals surface area contributed by atoms with Crippen LogP contribution in [0.25, 0.3) is 22.4 Å². The van der Waals surface area contributed by atoms with Gasteiger partial charge in [0.15, 0.2) is 9.84 Å². The third-order valence-electron chi connectivity index (χ3n) is 4.53. The van der Waals surface area contributed by atoms with Gasteiger partial charge in [0.1, 0.15) is 11.6 Å². The molecule has 0 aliphatic carbocycles. The Labute approximate surface area is 165 Å². The number of methoxy groups -OCH3 is 1. The van der Waals surface area contributed by atoms with Gasteiger partial charge in [0.25, 0.3) is 0 Å². The summed E-state index contributed by atoms with van der Waals surface area (Å²) in [6.45, 7) is 2.09. The molecule has 3 aromatic rings. The van der Waals surface area contributed by atoms with E-state index in [0.717, 1.165) is 23.1 Å². The molecule has 0 aliphatic heterocycles. The van der Waals surface area contributed by atoms with E-state index in [0.29, 0.717) is 11.3 Å². The number of pyridine rings is 1. The van der Waals surface area contributed by atoms with Crippen LogP contribution in [-0.2, 0) is 16.3 Å². The summed E-state index contributed by atoms with van der Waals surface area (Å²) in [5, 5.41) is 9.45. The van der Waals surface area contributed by atoms with Gasteiger partial charge in [0.05, 0.1) is 17.7 Å². The first-order chi connectivity index (χ1) is 13.4. The topological polar surface area (TPSA) is 80.0 Å². The van der Waals surface area contributed by atoms with E-state index in [2.05, 4.69) is 18.0 Å². The Hall–Kier alpha value is -3.17. The zero-order valence-corrected chi connectivity index (χ0v) is 16.7. The second-order valence-corrected chi connectivity index (χ2v) is 8.42. The Morgan fingerprint density at radius 2 is 1.64 bits per heavy atom. The van der Waals surface area contributed by atoms with Gasteiger partial charge in [0.2, 0.25) is 5.88 Å². The van der Waals surface area contributed by atoms with Crippen LogP contribution in [0.3, 0.4) is 0 Å². The maximum absolute atomic E-state index is 11.7. The molecule has 0 bridgehead atoms. The van der Waals surface area contributed by atoms with Crippen molar-refractivity contribution in [3.8, 4) is 34.3 Å². The van der Waals surface area contributed by atoms with Crippen molar-refractivity contribution < 1.29 is 13.2 Å². The molecule has 5 nitrogen and oxygen atoms in total. The van der Waals surface area contributed by atoms with Gasteiger partial charge in [-0.05, 0) is 35.7 Å². The van der Waals surface area contributed by atoms with Crippen molar-refractivity contribution in [1.29, 1.82) is 5.26 Å². The van der Waals surface area contributed by atoms with Crippen molar-refractivity contribution in [2.45, 2.75) is 18.2 Å². The standard InChI is InChI=1S/C22H20N2O3S/c1-4-15-5-7-17(8-6-15)21-20(13-18(14-23)22(24-21)27-2)16-9-11-19(12-10-16)28(3,25)26/h5-13H,4H2,1-3H3. The molecule has 0 N–H and O–H groups in total. The molecule has 1 aromatic heterocycles. The Morgan fingerprint density at radius 1 is 1.04 bits per heavy atom. The first-order valence-corrected chi connectivity index (χ1v) is 10.7. The molecule has 1 heterocycles. The van der Waals surface area contributed by atoms with Crippen molar-refractivity contribution in [2.24, 2.45) is 0 Å². The molecule has 0 aliphatic rings. The van der Waals surface area contributed by atoms with Gasteiger partial charge < -0.3 is 4.74 Å². The monoisotopic (exact) mass is 392 g/mol. The lowest BCUT2D eigenvalue weighted by Gasteiger charge is -2.13. The fourth-order valence-corrected chi connectivity index (χ4v) is 3.58. The summed E-state index contributed by atoms with van der Waals surface area (Å²) in [5.74, 6) is 0.258. The summed E-state index contributed by atoms with van der Waals surface area (Å²) < 4.78 is 28.8. The minimum absolute atomic E-state index is 0.243. The molecular weight excluding hydrogens is 372 g/mol. The van der Waals surface area contributed by atoms with Crippen molar-refractivity contribution in [3.63, 3.8) is 0 Å². The lowest BCUT2D eigenvalue weighted by molar-refractivity contribution is 0.397. The number of nitriles is 1. The van der Waals surface area contributed by atoms with E-state index in [1.54, 1.807) is 30.3 Å². The number of hydrogen-bond donors (Lipinski definition) is 0. The smallest absolute Gasteiger partial charge is 0.232 e. The first kappa shape index (κ1) is 19.6. The summed E-state index contributed by atoms with van der Waals surface area (Å²) in [5.41, 5.74) is 4.60. The average Bonchev–Trinajstić information content (AvgIpc) is 2.72. The minimum Gasteiger partial charge on any atom is -0.480 e. The third-order valence-corrected chi connectivity index (χ3v) is 5.66. The predicted octanol–water partition coefficient (Wildman–Crippen LogP) is 4.26. The predicted molar refractivity (Wildman–Crippen MR) is 109 cm³/mol. The van der Waals surface area contributed by atoms with Gasteiger partial charge in [-0.15, -0.1) is 0 Å². The van der Waals surface area contributed by atoms with E-state index in [9.17, 15) is 13.7 Å². The number of benzene rings is 2. The number of nitrogens with zero attached hydrogens (tertiary/aromatic N) is 2. The Balaban J connectivity index is 2.22. The summed E-state index contributed by atoms with van der Waals surface area (Å²) >= 11 is 0. The molecule has 3 rings (SSSR count). The normalized spacial score (nSPS) is 11.1. The molecule has 0 radical (unpaired) electrons. The molecule has 0 unspecified atom stereocenters. The molecule has 0 saturated carbocycles. The van der Waals surface area contributed by atoms with Crippen molar-refractivity contribution in [2.75, 3.05) is 13.4 Å². The Bertz CT molecular complexity index is 1140. The van der Waals surface area contributed by atoms with E-state index < -0.39 is 9.84 Å². The van der Waals surface area contributed by atoms with E-state index in [1.807, 2.05) is 24.3 Å². The molecule has 142 valence electrons. The summed E-state index contributed by atoms with van der Waals surface area (Å²) in [6, 6.07) is 18.5. The van der Waals surface area contributed by atoms with Crippen LogP contribution in [0.2, 0.25) is 0 Å². The Kier molecular flexibility index (Phi) is 5.48. The molecule has 28 heavy (non-hydrogen) atoms. The molecule has 0 spiro atoms.